The van der Waals surface area contributed by atoms with Crippen molar-refractivity contribution in [1.29, 1.82) is 0 Å². The molecule has 0 radical (unpaired) electrons. The lowest BCUT2D eigenvalue weighted by atomic mass is 9.92. The molecule has 0 aromatic heterocycles. The number of rotatable bonds is 23. The Morgan fingerprint density at radius 1 is 0.524 bits per heavy atom. The van der Waals surface area contributed by atoms with Crippen molar-refractivity contribution in [3.05, 3.63) is 0 Å². The van der Waals surface area contributed by atoms with Gasteiger partial charge in [0.2, 0.25) is 0 Å². The van der Waals surface area contributed by atoms with Crippen molar-refractivity contribution in [2.24, 2.45) is 11.8 Å². The molecule has 246 valence electrons. The molecule has 0 saturated heterocycles. The molecule has 2 atom stereocenters. The molecule has 9 heteroatoms. The van der Waals surface area contributed by atoms with Gasteiger partial charge >= 0.3 is 18.5 Å². The number of unbranched alkanes of at least 4 members (excludes halogenated alkanes) is 12. The minimum absolute atomic E-state index is 0.185. The molecule has 0 spiro atoms. The van der Waals surface area contributed by atoms with Crippen LogP contribution in [0.3, 0.4) is 0 Å². The molecule has 1 rings (SSSR count). The van der Waals surface area contributed by atoms with Crippen molar-refractivity contribution in [2.75, 3.05) is 13.2 Å². The first-order valence-electron chi connectivity index (χ1n) is 16.7. The van der Waals surface area contributed by atoms with E-state index in [2.05, 4.69) is 27.7 Å². The molecular weight excluding hydrogens is 540 g/mol. The van der Waals surface area contributed by atoms with Crippen LogP contribution in [-0.2, 0) is 23.7 Å². The summed E-state index contributed by atoms with van der Waals surface area (Å²) in [4.78, 5) is 35.5. The quantitative estimate of drug-likeness (QED) is 0.0694. The molecule has 1 N–H and O–H groups in total. The van der Waals surface area contributed by atoms with Crippen molar-refractivity contribution in [3.8, 4) is 0 Å². The summed E-state index contributed by atoms with van der Waals surface area (Å²) in [7, 11) is 0. The van der Waals surface area contributed by atoms with E-state index in [-0.39, 0.29) is 32.5 Å². The molecule has 0 heterocycles. The second-order valence-electron chi connectivity index (χ2n) is 12.7. The fourth-order valence-corrected chi connectivity index (χ4v) is 5.33. The fourth-order valence-electron chi connectivity index (χ4n) is 5.33. The Morgan fingerprint density at radius 2 is 0.833 bits per heavy atom. The van der Waals surface area contributed by atoms with Crippen LogP contribution in [0, 0.1) is 11.8 Å². The third kappa shape index (κ3) is 22.4. The maximum absolute atomic E-state index is 12.2. The van der Waals surface area contributed by atoms with Gasteiger partial charge in [0.05, 0.1) is 13.2 Å². The van der Waals surface area contributed by atoms with Gasteiger partial charge in [-0.05, 0) is 24.7 Å². The standard InChI is InChI=1S/C33H60O9/c1-26(2)19-15-11-7-5-9-13-17-21-38-32(36)41-29-23-28(40-31(34)35)24-30(25-29)42-33(37)39-22-18-14-10-6-8-12-16-20-27(3)4/h26-30H,5-25H2,1-4H3,(H,34,35). The number of carbonyl (C=O) groups is 3. The molecule has 0 aromatic rings. The second kappa shape index (κ2) is 24.3. The molecule has 1 fully saturated rings. The third-order valence-electron chi connectivity index (χ3n) is 7.66. The molecule has 9 nitrogen and oxygen atoms in total. The lowest BCUT2D eigenvalue weighted by molar-refractivity contribution is -0.0739. The molecule has 2 unspecified atom stereocenters. The van der Waals surface area contributed by atoms with E-state index in [1.165, 1.54) is 64.2 Å². The molecular formula is C33H60O9. The smallest absolute Gasteiger partial charge is 0.450 e. The topological polar surface area (TPSA) is 118 Å². The van der Waals surface area contributed by atoms with E-state index in [1.54, 1.807) is 0 Å². The lowest BCUT2D eigenvalue weighted by Crippen LogP contribution is -2.40. The Morgan fingerprint density at radius 3 is 1.17 bits per heavy atom. The number of hydrogen-bond acceptors (Lipinski definition) is 8. The minimum Gasteiger partial charge on any atom is -0.450 e. The van der Waals surface area contributed by atoms with Gasteiger partial charge in [0, 0.05) is 19.3 Å². The summed E-state index contributed by atoms with van der Waals surface area (Å²) in [5.41, 5.74) is 0. The average molecular weight is 601 g/mol. The number of hydrogen-bond donors (Lipinski definition) is 1. The summed E-state index contributed by atoms with van der Waals surface area (Å²) in [6.07, 6.45) is 13.8. The van der Waals surface area contributed by atoms with Crippen LogP contribution < -0.4 is 0 Å². The average Bonchev–Trinajstić information content (AvgIpc) is 2.89. The van der Waals surface area contributed by atoms with Crippen molar-refractivity contribution >= 4 is 18.5 Å². The normalized spacial score (nSPS) is 18.6. The summed E-state index contributed by atoms with van der Waals surface area (Å²) in [6.45, 7) is 9.57. The van der Waals surface area contributed by atoms with Crippen LogP contribution >= 0.6 is 0 Å². The van der Waals surface area contributed by atoms with Gasteiger partial charge in [-0.2, -0.15) is 0 Å². The largest absolute Gasteiger partial charge is 0.508 e. The maximum Gasteiger partial charge on any atom is 0.508 e. The van der Waals surface area contributed by atoms with E-state index in [9.17, 15) is 14.4 Å². The Labute approximate surface area is 254 Å². The number of ether oxygens (including phenoxy) is 5. The summed E-state index contributed by atoms with van der Waals surface area (Å²) >= 11 is 0. The van der Waals surface area contributed by atoms with Gasteiger partial charge in [-0.15, -0.1) is 0 Å². The highest BCUT2D eigenvalue weighted by Crippen LogP contribution is 2.27. The first kappa shape index (κ1) is 37.8. The Bertz CT molecular complexity index is 660. The number of carboxylic acid groups (broad SMARTS) is 1. The first-order valence-corrected chi connectivity index (χ1v) is 16.7. The van der Waals surface area contributed by atoms with E-state index in [4.69, 9.17) is 28.8 Å². The van der Waals surface area contributed by atoms with E-state index in [0.29, 0.717) is 0 Å². The van der Waals surface area contributed by atoms with Gasteiger partial charge in [-0.25, -0.2) is 14.4 Å². The molecule has 1 saturated carbocycles. The highest BCUT2D eigenvalue weighted by molar-refractivity contribution is 5.61. The van der Waals surface area contributed by atoms with Crippen LogP contribution in [0.15, 0.2) is 0 Å². The maximum atomic E-state index is 12.2. The first-order chi connectivity index (χ1) is 20.2. The summed E-state index contributed by atoms with van der Waals surface area (Å²) < 4.78 is 26.2. The van der Waals surface area contributed by atoms with Crippen LogP contribution in [-0.4, -0.2) is 55.1 Å². The van der Waals surface area contributed by atoms with Crippen molar-refractivity contribution in [1.82, 2.24) is 0 Å². The fraction of sp³-hybridized carbons (Fsp3) is 0.909. The van der Waals surface area contributed by atoms with E-state index >= 15 is 0 Å². The van der Waals surface area contributed by atoms with Crippen LogP contribution in [0.5, 0.6) is 0 Å². The SMILES string of the molecule is CC(C)CCCCCCCCCOC(=O)OC1CC(OC(=O)O)CC(OC(=O)OCCCCCCCCCC(C)C)C1. The van der Waals surface area contributed by atoms with Gasteiger partial charge in [0.25, 0.3) is 0 Å². The molecule has 0 aliphatic heterocycles. The molecule has 0 aromatic carbocycles. The van der Waals surface area contributed by atoms with Gasteiger partial charge in [0.15, 0.2) is 0 Å². The number of carbonyl (C=O) groups excluding carboxylic acids is 2. The zero-order valence-corrected chi connectivity index (χ0v) is 26.9. The van der Waals surface area contributed by atoms with Crippen LogP contribution in [0.1, 0.15) is 150 Å². The molecule has 1 aliphatic rings. The van der Waals surface area contributed by atoms with Crippen molar-refractivity contribution < 1.29 is 43.2 Å². The predicted molar refractivity (Wildman–Crippen MR) is 163 cm³/mol. The summed E-state index contributed by atoms with van der Waals surface area (Å²) in [6, 6.07) is 0. The van der Waals surface area contributed by atoms with Crippen LogP contribution in [0.4, 0.5) is 14.4 Å². The monoisotopic (exact) mass is 600 g/mol. The zero-order chi connectivity index (χ0) is 31.0. The van der Waals surface area contributed by atoms with Gasteiger partial charge in [-0.3, -0.25) is 0 Å². The minimum atomic E-state index is -1.43. The van der Waals surface area contributed by atoms with E-state index < -0.39 is 36.8 Å². The van der Waals surface area contributed by atoms with Gasteiger partial charge < -0.3 is 28.8 Å². The van der Waals surface area contributed by atoms with Gasteiger partial charge in [0.1, 0.15) is 18.3 Å². The molecule has 0 bridgehead atoms. The third-order valence-corrected chi connectivity index (χ3v) is 7.66. The van der Waals surface area contributed by atoms with E-state index in [1.807, 2.05) is 0 Å². The second-order valence-corrected chi connectivity index (χ2v) is 12.7. The Balaban J connectivity index is 2.23. The highest BCUT2D eigenvalue weighted by Gasteiger charge is 2.36. The van der Waals surface area contributed by atoms with Crippen LogP contribution in [0.25, 0.3) is 0 Å². The molecule has 0 amide bonds. The Kier molecular flexibility index (Phi) is 21.9. The van der Waals surface area contributed by atoms with Gasteiger partial charge in [-0.1, -0.05) is 118 Å². The zero-order valence-electron chi connectivity index (χ0n) is 26.9. The molecule has 1 aliphatic carbocycles. The Hall–Kier alpha value is -2.19. The van der Waals surface area contributed by atoms with E-state index in [0.717, 1.165) is 50.4 Å². The molecule has 42 heavy (non-hydrogen) atoms. The predicted octanol–water partition coefficient (Wildman–Crippen LogP) is 9.83. The lowest BCUT2D eigenvalue weighted by Gasteiger charge is -2.32. The van der Waals surface area contributed by atoms with Crippen molar-refractivity contribution in [3.63, 3.8) is 0 Å². The highest BCUT2D eigenvalue weighted by atomic mass is 16.7. The van der Waals surface area contributed by atoms with Crippen LogP contribution in [0.2, 0.25) is 0 Å². The van der Waals surface area contributed by atoms with Crippen molar-refractivity contribution in [2.45, 2.75) is 168 Å². The summed E-state index contributed by atoms with van der Waals surface area (Å²) in [5.74, 6) is 1.54. The summed E-state index contributed by atoms with van der Waals surface area (Å²) in [5, 5.41) is 9.05.